The molecule has 3 aromatic heterocycles. The lowest BCUT2D eigenvalue weighted by Crippen LogP contribution is -2.06. The lowest BCUT2D eigenvalue weighted by molar-refractivity contribution is 0.0941. The summed E-state index contributed by atoms with van der Waals surface area (Å²) < 4.78 is 3.80. The van der Waals surface area contributed by atoms with E-state index in [9.17, 15) is 4.79 Å². The molecule has 23 heavy (non-hydrogen) atoms. The van der Waals surface area contributed by atoms with E-state index in [2.05, 4.69) is 16.4 Å². The van der Waals surface area contributed by atoms with E-state index in [1.165, 1.54) is 12.8 Å². The Kier molecular flexibility index (Phi) is 3.29. The van der Waals surface area contributed by atoms with Crippen molar-refractivity contribution in [3.63, 3.8) is 0 Å². The highest BCUT2D eigenvalue weighted by molar-refractivity contribution is 6.03. The van der Waals surface area contributed by atoms with Crippen molar-refractivity contribution >= 4 is 11.3 Å². The number of carbonyl (C=O) groups is 1. The third kappa shape index (κ3) is 2.67. The van der Waals surface area contributed by atoms with E-state index in [1.54, 1.807) is 10.7 Å². The van der Waals surface area contributed by atoms with Crippen LogP contribution in [0.4, 0.5) is 0 Å². The molecule has 4 rings (SSSR count). The first-order chi connectivity index (χ1) is 11.1. The summed E-state index contributed by atoms with van der Waals surface area (Å²) in [7, 11) is 0. The van der Waals surface area contributed by atoms with Crippen LogP contribution in [0.5, 0.6) is 0 Å². The highest BCUT2D eigenvalue weighted by Gasteiger charge is 2.22. The minimum Gasteiger partial charge on any atom is -0.294 e. The normalized spacial score (nSPS) is 14.7. The zero-order chi connectivity index (χ0) is 16.0. The van der Waals surface area contributed by atoms with E-state index < -0.39 is 0 Å². The standard InChI is InChI=1S/C18H20N4O/c1-12(2)18(23)16-8-20-22-11-14(5-6-17(16)22)15-7-19-21(10-15)9-13-3-4-13/h5-8,10-13H,3-4,9H2,1-2H3. The van der Waals surface area contributed by atoms with Gasteiger partial charge in [-0.05, 0) is 24.8 Å². The number of hydrogen-bond acceptors (Lipinski definition) is 3. The van der Waals surface area contributed by atoms with Crippen LogP contribution in [0, 0.1) is 11.8 Å². The van der Waals surface area contributed by atoms with Crippen LogP contribution in [0.2, 0.25) is 0 Å². The largest absolute Gasteiger partial charge is 0.294 e. The van der Waals surface area contributed by atoms with Crippen LogP contribution in [0.3, 0.4) is 0 Å². The third-order valence-electron chi connectivity index (χ3n) is 4.41. The van der Waals surface area contributed by atoms with Gasteiger partial charge in [0.1, 0.15) is 0 Å². The number of Topliss-reactive ketones (excluding diaryl/α,β-unsaturated/α-hetero) is 1. The van der Waals surface area contributed by atoms with Gasteiger partial charge in [-0.15, -0.1) is 0 Å². The molecule has 0 aliphatic heterocycles. The van der Waals surface area contributed by atoms with Crippen LogP contribution in [0.15, 0.2) is 36.9 Å². The monoisotopic (exact) mass is 308 g/mol. The molecule has 0 amide bonds. The van der Waals surface area contributed by atoms with Gasteiger partial charge in [0.2, 0.25) is 0 Å². The van der Waals surface area contributed by atoms with E-state index in [4.69, 9.17) is 0 Å². The molecule has 0 bridgehead atoms. The van der Waals surface area contributed by atoms with Gasteiger partial charge in [0.25, 0.3) is 0 Å². The minimum atomic E-state index is -0.0247. The summed E-state index contributed by atoms with van der Waals surface area (Å²) in [5.41, 5.74) is 3.69. The maximum absolute atomic E-state index is 12.2. The molecule has 0 atom stereocenters. The molecule has 3 aromatic rings. The van der Waals surface area contributed by atoms with Gasteiger partial charge in [-0.25, -0.2) is 4.52 Å². The molecule has 3 heterocycles. The Hall–Kier alpha value is -2.43. The van der Waals surface area contributed by atoms with E-state index in [-0.39, 0.29) is 11.7 Å². The van der Waals surface area contributed by atoms with E-state index in [0.29, 0.717) is 5.56 Å². The molecule has 0 aromatic carbocycles. The first kappa shape index (κ1) is 14.2. The molecule has 1 fully saturated rings. The number of aromatic nitrogens is 4. The van der Waals surface area contributed by atoms with Gasteiger partial charge in [-0.2, -0.15) is 10.2 Å². The molecule has 0 radical (unpaired) electrons. The highest BCUT2D eigenvalue weighted by atomic mass is 16.1. The second kappa shape index (κ2) is 5.33. The Morgan fingerprint density at radius 2 is 2.00 bits per heavy atom. The average Bonchev–Trinajstić information content (AvgIpc) is 3.07. The SMILES string of the molecule is CC(C)C(=O)c1cnn2cc(-c3cnn(CC4CC4)c3)ccc12. The van der Waals surface area contributed by atoms with Crippen molar-refractivity contribution < 1.29 is 4.79 Å². The molecule has 0 saturated heterocycles. The molecule has 118 valence electrons. The molecular weight excluding hydrogens is 288 g/mol. The second-order valence-electron chi connectivity index (χ2n) is 6.72. The van der Waals surface area contributed by atoms with Gasteiger partial charge in [0, 0.05) is 36.0 Å². The lowest BCUT2D eigenvalue weighted by atomic mass is 10.0. The van der Waals surface area contributed by atoms with Crippen LogP contribution in [0.1, 0.15) is 37.0 Å². The van der Waals surface area contributed by atoms with Crippen molar-refractivity contribution in [3.05, 3.63) is 42.5 Å². The van der Waals surface area contributed by atoms with Crippen molar-refractivity contribution in [2.75, 3.05) is 0 Å². The summed E-state index contributed by atoms with van der Waals surface area (Å²) >= 11 is 0. The third-order valence-corrected chi connectivity index (χ3v) is 4.41. The Balaban J connectivity index is 1.66. The molecule has 1 aliphatic rings. The summed E-state index contributed by atoms with van der Waals surface area (Å²) in [6.45, 7) is 4.83. The fourth-order valence-corrected chi connectivity index (χ4v) is 2.83. The smallest absolute Gasteiger partial charge is 0.169 e. The Labute approximate surface area is 134 Å². The summed E-state index contributed by atoms with van der Waals surface area (Å²) in [4.78, 5) is 12.2. The molecular formula is C18H20N4O. The number of pyridine rings is 1. The van der Waals surface area contributed by atoms with Crippen molar-refractivity contribution in [2.24, 2.45) is 11.8 Å². The molecule has 1 saturated carbocycles. The molecule has 5 nitrogen and oxygen atoms in total. The lowest BCUT2D eigenvalue weighted by Gasteiger charge is -2.03. The maximum Gasteiger partial charge on any atom is 0.169 e. The Bertz CT molecular complexity index is 870. The predicted octanol–water partition coefficient (Wildman–Crippen LogP) is 3.45. The van der Waals surface area contributed by atoms with Gasteiger partial charge < -0.3 is 0 Å². The number of carbonyl (C=O) groups excluding carboxylic acids is 1. The van der Waals surface area contributed by atoms with Gasteiger partial charge in [-0.3, -0.25) is 9.48 Å². The van der Waals surface area contributed by atoms with Crippen LogP contribution >= 0.6 is 0 Å². The van der Waals surface area contributed by atoms with Crippen molar-refractivity contribution in [3.8, 4) is 11.1 Å². The summed E-state index contributed by atoms with van der Waals surface area (Å²) in [5, 5.41) is 8.78. The number of ketones is 1. The Morgan fingerprint density at radius 1 is 1.17 bits per heavy atom. The summed E-state index contributed by atoms with van der Waals surface area (Å²) in [6, 6.07) is 4.00. The quantitative estimate of drug-likeness (QED) is 0.678. The van der Waals surface area contributed by atoms with Gasteiger partial charge >= 0.3 is 0 Å². The first-order valence-corrected chi connectivity index (χ1v) is 8.16. The van der Waals surface area contributed by atoms with E-state index in [0.717, 1.165) is 29.1 Å². The summed E-state index contributed by atoms with van der Waals surface area (Å²) in [5.74, 6) is 0.911. The topological polar surface area (TPSA) is 52.2 Å². The predicted molar refractivity (Wildman–Crippen MR) is 88.3 cm³/mol. The van der Waals surface area contributed by atoms with Crippen molar-refractivity contribution in [2.45, 2.75) is 33.2 Å². The van der Waals surface area contributed by atoms with E-state index >= 15 is 0 Å². The van der Waals surface area contributed by atoms with Crippen molar-refractivity contribution in [1.29, 1.82) is 0 Å². The molecule has 5 heteroatoms. The van der Waals surface area contributed by atoms with Crippen LogP contribution in [0.25, 0.3) is 16.6 Å². The molecule has 0 unspecified atom stereocenters. The fourth-order valence-electron chi connectivity index (χ4n) is 2.83. The number of rotatable bonds is 5. The average molecular weight is 308 g/mol. The molecule has 1 aliphatic carbocycles. The van der Waals surface area contributed by atoms with Gasteiger partial charge in [0.05, 0.1) is 23.5 Å². The van der Waals surface area contributed by atoms with E-state index in [1.807, 2.05) is 43.1 Å². The highest BCUT2D eigenvalue weighted by Crippen LogP contribution is 2.31. The summed E-state index contributed by atoms with van der Waals surface area (Å²) in [6.07, 6.45) is 10.3. The van der Waals surface area contributed by atoms with Gasteiger partial charge in [-0.1, -0.05) is 19.9 Å². The molecule has 0 spiro atoms. The van der Waals surface area contributed by atoms with Crippen LogP contribution in [-0.2, 0) is 6.54 Å². The zero-order valence-electron chi connectivity index (χ0n) is 13.4. The second-order valence-corrected chi connectivity index (χ2v) is 6.72. The zero-order valence-corrected chi connectivity index (χ0v) is 13.4. The minimum absolute atomic E-state index is 0.0247. The maximum atomic E-state index is 12.2. The van der Waals surface area contributed by atoms with Crippen LogP contribution in [-0.4, -0.2) is 25.2 Å². The fraction of sp³-hybridized carbons (Fsp3) is 0.389. The molecule has 0 N–H and O–H groups in total. The van der Waals surface area contributed by atoms with Gasteiger partial charge in [0.15, 0.2) is 5.78 Å². The number of fused-ring (bicyclic) bond motifs is 1. The van der Waals surface area contributed by atoms with Crippen molar-refractivity contribution in [1.82, 2.24) is 19.4 Å². The number of hydrogen-bond donors (Lipinski definition) is 0. The number of nitrogens with zero attached hydrogens (tertiary/aromatic N) is 4. The van der Waals surface area contributed by atoms with Crippen LogP contribution < -0.4 is 0 Å². The Morgan fingerprint density at radius 3 is 2.74 bits per heavy atom. The first-order valence-electron chi connectivity index (χ1n) is 8.16.